The van der Waals surface area contributed by atoms with Crippen LogP contribution in [0.2, 0.25) is 5.02 Å². The zero-order valence-electron chi connectivity index (χ0n) is 9.24. The highest BCUT2D eigenvalue weighted by atomic mass is 79.9. The number of aliphatic hydroxyl groups is 1. The van der Waals surface area contributed by atoms with Gasteiger partial charge < -0.3 is 10.0 Å². The van der Waals surface area contributed by atoms with E-state index in [4.69, 9.17) is 11.6 Å². The van der Waals surface area contributed by atoms with E-state index >= 15 is 0 Å². The predicted octanol–water partition coefficient (Wildman–Crippen LogP) is 2.70. The van der Waals surface area contributed by atoms with E-state index in [2.05, 4.69) is 20.9 Å². The molecule has 0 amide bonds. The van der Waals surface area contributed by atoms with E-state index in [0.717, 1.165) is 16.8 Å². The fourth-order valence-electron chi connectivity index (χ4n) is 1.92. The Morgan fingerprint density at radius 2 is 2.31 bits per heavy atom. The van der Waals surface area contributed by atoms with Crippen LogP contribution in [0, 0.1) is 5.41 Å². The fourth-order valence-corrected chi connectivity index (χ4v) is 2.67. The summed E-state index contributed by atoms with van der Waals surface area (Å²) in [4.78, 5) is 6.32. The van der Waals surface area contributed by atoms with E-state index in [1.165, 1.54) is 0 Å². The second-order valence-electron chi connectivity index (χ2n) is 4.84. The first-order chi connectivity index (χ1) is 7.40. The maximum atomic E-state index is 9.91. The summed E-state index contributed by atoms with van der Waals surface area (Å²) < 4.78 is 0.861. The minimum Gasteiger partial charge on any atom is -0.391 e. The lowest BCUT2D eigenvalue weighted by atomic mass is 9.90. The van der Waals surface area contributed by atoms with Gasteiger partial charge in [0.15, 0.2) is 0 Å². The van der Waals surface area contributed by atoms with Crippen molar-refractivity contribution in [2.75, 3.05) is 18.0 Å². The maximum Gasteiger partial charge on any atom is 0.147 e. The van der Waals surface area contributed by atoms with Crippen LogP contribution in [-0.4, -0.2) is 29.3 Å². The lowest BCUT2D eigenvalue weighted by molar-refractivity contribution is 0.0964. The van der Waals surface area contributed by atoms with Crippen LogP contribution in [0.3, 0.4) is 0 Å². The van der Waals surface area contributed by atoms with Gasteiger partial charge in [-0.1, -0.05) is 25.4 Å². The van der Waals surface area contributed by atoms with Gasteiger partial charge in [0.1, 0.15) is 5.82 Å². The molecule has 1 N–H and O–H groups in total. The zero-order chi connectivity index (χ0) is 11.9. The number of aromatic nitrogens is 1. The quantitative estimate of drug-likeness (QED) is 0.866. The summed E-state index contributed by atoms with van der Waals surface area (Å²) in [6.07, 6.45) is 1.38. The van der Waals surface area contributed by atoms with Crippen molar-refractivity contribution in [2.24, 2.45) is 5.41 Å². The number of rotatable bonds is 1. The van der Waals surface area contributed by atoms with Crippen LogP contribution in [-0.2, 0) is 0 Å². The van der Waals surface area contributed by atoms with Crippen LogP contribution < -0.4 is 4.90 Å². The average Bonchev–Trinajstić information content (AvgIpc) is 2.40. The molecule has 5 heteroatoms. The summed E-state index contributed by atoms with van der Waals surface area (Å²) in [5.41, 5.74) is -0.113. The standard InChI is InChI=1S/C11H14BrClN2O/c1-11(2)6-15(5-9(11)16)10-8(13)3-7(12)4-14-10/h3-4,9,16H,5-6H2,1-2H3/t9-/m0/s1. The number of β-amino-alcohol motifs (C(OH)–C–C–N with tert-alkyl or cyclic N) is 1. The Balaban J connectivity index is 2.27. The van der Waals surface area contributed by atoms with Crippen LogP contribution in [0.4, 0.5) is 5.82 Å². The molecule has 1 fully saturated rings. The molecule has 0 aromatic carbocycles. The number of hydrogen-bond acceptors (Lipinski definition) is 3. The molecule has 1 aliphatic heterocycles. The molecule has 1 atom stereocenters. The van der Waals surface area contributed by atoms with Gasteiger partial charge in [-0.05, 0) is 22.0 Å². The zero-order valence-corrected chi connectivity index (χ0v) is 11.6. The Morgan fingerprint density at radius 3 is 2.81 bits per heavy atom. The Labute approximate surface area is 109 Å². The first kappa shape index (κ1) is 12.1. The molecule has 1 aliphatic rings. The highest BCUT2D eigenvalue weighted by Gasteiger charge is 2.39. The molecule has 16 heavy (non-hydrogen) atoms. The second kappa shape index (κ2) is 4.17. The molecule has 0 unspecified atom stereocenters. The second-order valence-corrected chi connectivity index (χ2v) is 6.17. The number of hydrogen-bond donors (Lipinski definition) is 1. The van der Waals surface area contributed by atoms with E-state index in [1.807, 2.05) is 24.8 Å². The summed E-state index contributed by atoms with van der Waals surface area (Å²) in [5, 5.41) is 10.5. The topological polar surface area (TPSA) is 36.4 Å². The van der Waals surface area contributed by atoms with E-state index in [1.54, 1.807) is 6.20 Å². The first-order valence-corrected chi connectivity index (χ1v) is 6.31. The lowest BCUT2D eigenvalue weighted by Gasteiger charge is -2.21. The minimum absolute atomic E-state index is 0.113. The van der Waals surface area contributed by atoms with Crippen molar-refractivity contribution in [1.82, 2.24) is 4.98 Å². The van der Waals surface area contributed by atoms with Crippen molar-refractivity contribution in [3.05, 3.63) is 21.8 Å². The van der Waals surface area contributed by atoms with Gasteiger partial charge in [0.2, 0.25) is 0 Å². The van der Waals surface area contributed by atoms with E-state index in [0.29, 0.717) is 11.6 Å². The molecular formula is C11H14BrClN2O. The summed E-state index contributed by atoms with van der Waals surface area (Å²) in [7, 11) is 0. The Hall–Kier alpha value is -0.320. The normalized spacial score (nSPS) is 23.8. The number of halogens is 2. The van der Waals surface area contributed by atoms with Gasteiger partial charge in [0.25, 0.3) is 0 Å². The molecule has 1 saturated heterocycles. The van der Waals surface area contributed by atoms with E-state index < -0.39 is 0 Å². The summed E-state index contributed by atoms with van der Waals surface area (Å²) in [6, 6.07) is 1.82. The summed E-state index contributed by atoms with van der Waals surface area (Å²) in [5.74, 6) is 0.745. The Bertz CT molecular complexity index is 411. The Kier molecular flexibility index (Phi) is 3.16. The van der Waals surface area contributed by atoms with Crippen molar-refractivity contribution in [3.8, 4) is 0 Å². The number of aliphatic hydroxyl groups excluding tert-OH is 1. The molecular weight excluding hydrogens is 291 g/mol. The highest BCUT2D eigenvalue weighted by molar-refractivity contribution is 9.10. The number of pyridine rings is 1. The Morgan fingerprint density at radius 1 is 1.62 bits per heavy atom. The fraction of sp³-hybridized carbons (Fsp3) is 0.545. The molecule has 1 aromatic rings. The number of nitrogens with zero attached hydrogens (tertiary/aromatic N) is 2. The molecule has 2 heterocycles. The maximum absolute atomic E-state index is 9.91. The van der Waals surface area contributed by atoms with Gasteiger partial charge in [0.05, 0.1) is 11.1 Å². The SMILES string of the molecule is CC1(C)CN(c2ncc(Br)cc2Cl)C[C@@H]1O. The van der Waals surface area contributed by atoms with Gasteiger partial charge in [-0.2, -0.15) is 0 Å². The van der Waals surface area contributed by atoms with Gasteiger partial charge in [-0.3, -0.25) is 0 Å². The van der Waals surface area contributed by atoms with Crippen LogP contribution in [0.5, 0.6) is 0 Å². The van der Waals surface area contributed by atoms with Gasteiger partial charge in [0, 0.05) is 29.2 Å². The predicted molar refractivity (Wildman–Crippen MR) is 68.9 cm³/mol. The molecule has 0 radical (unpaired) electrons. The lowest BCUT2D eigenvalue weighted by Crippen LogP contribution is -2.26. The van der Waals surface area contributed by atoms with Gasteiger partial charge >= 0.3 is 0 Å². The largest absolute Gasteiger partial charge is 0.391 e. The van der Waals surface area contributed by atoms with Crippen molar-refractivity contribution in [2.45, 2.75) is 20.0 Å². The van der Waals surface area contributed by atoms with Crippen LogP contribution in [0.15, 0.2) is 16.7 Å². The molecule has 0 saturated carbocycles. The summed E-state index contributed by atoms with van der Waals surface area (Å²) in [6.45, 7) is 5.44. The minimum atomic E-state index is -0.339. The molecule has 0 aliphatic carbocycles. The number of anilines is 1. The van der Waals surface area contributed by atoms with Crippen LogP contribution in [0.1, 0.15) is 13.8 Å². The molecule has 0 bridgehead atoms. The van der Waals surface area contributed by atoms with Crippen molar-refractivity contribution in [3.63, 3.8) is 0 Å². The first-order valence-electron chi connectivity index (χ1n) is 5.14. The van der Waals surface area contributed by atoms with Gasteiger partial charge in [-0.15, -0.1) is 0 Å². The summed E-state index contributed by atoms with van der Waals surface area (Å²) >= 11 is 9.46. The highest BCUT2D eigenvalue weighted by Crippen LogP contribution is 2.35. The smallest absolute Gasteiger partial charge is 0.147 e. The molecule has 3 nitrogen and oxygen atoms in total. The van der Waals surface area contributed by atoms with Crippen molar-refractivity contribution >= 4 is 33.3 Å². The third-order valence-electron chi connectivity index (χ3n) is 2.98. The van der Waals surface area contributed by atoms with E-state index in [9.17, 15) is 5.11 Å². The van der Waals surface area contributed by atoms with E-state index in [-0.39, 0.29) is 11.5 Å². The van der Waals surface area contributed by atoms with Gasteiger partial charge in [-0.25, -0.2) is 4.98 Å². The molecule has 0 spiro atoms. The van der Waals surface area contributed by atoms with Crippen molar-refractivity contribution in [1.29, 1.82) is 0 Å². The third kappa shape index (κ3) is 2.19. The molecule has 1 aromatic heterocycles. The van der Waals surface area contributed by atoms with Crippen LogP contribution >= 0.6 is 27.5 Å². The molecule has 88 valence electrons. The van der Waals surface area contributed by atoms with Crippen molar-refractivity contribution < 1.29 is 5.11 Å². The average molecular weight is 306 g/mol. The molecule has 2 rings (SSSR count). The monoisotopic (exact) mass is 304 g/mol. The third-order valence-corrected chi connectivity index (χ3v) is 3.69. The van der Waals surface area contributed by atoms with Crippen LogP contribution in [0.25, 0.3) is 0 Å².